The van der Waals surface area contributed by atoms with Gasteiger partial charge in [-0.3, -0.25) is 4.79 Å². The number of hydrogen-bond acceptors (Lipinski definition) is 1. The van der Waals surface area contributed by atoms with Crippen molar-refractivity contribution < 1.29 is 4.79 Å². The first-order valence-corrected chi connectivity index (χ1v) is 6.98. The summed E-state index contributed by atoms with van der Waals surface area (Å²) in [6, 6.07) is 0. The molecule has 1 rings (SSSR count). The Hall–Kier alpha value is -0.530. The molecule has 2 heteroatoms. The second-order valence-corrected chi connectivity index (χ2v) is 4.73. The van der Waals surface area contributed by atoms with E-state index in [0.717, 1.165) is 31.8 Å². The second kappa shape index (κ2) is 9.68. The van der Waals surface area contributed by atoms with Crippen LogP contribution in [0, 0.1) is 5.92 Å². The first kappa shape index (κ1) is 15.5. The summed E-state index contributed by atoms with van der Waals surface area (Å²) >= 11 is 0. The fraction of sp³-hybridized carbons (Fsp3) is 0.929. The van der Waals surface area contributed by atoms with E-state index in [0.29, 0.717) is 5.91 Å². The van der Waals surface area contributed by atoms with Crippen LogP contribution in [-0.4, -0.2) is 23.9 Å². The maximum atomic E-state index is 11.7. The van der Waals surface area contributed by atoms with Gasteiger partial charge < -0.3 is 4.90 Å². The van der Waals surface area contributed by atoms with Crippen molar-refractivity contribution in [1.82, 2.24) is 4.90 Å². The molecule has 1 aliphatic heterocycles. The van der Waals surface area contributed by atoms with Gasteiger partial charge in [0.05, 0.1) is 0 Å². The summed E-state index contributed by atoms with van der Waals surface area (Å²) in [6.45, 7) is 10.4. The Kier molecular flexibility index (Phi) is 9.36. The lowest BCUT2D eigenvalue weighted by atomic mass is 10.1. The van der Waals surface area contributed by atoms with Gasteiger partial charge in [0.15, 0.2) is 0 Å². The van der Waals surface area contributed by atoms with Crippen LogP contribution in [0.5, 0.6) is 0 Å². The van der Waals surface area contributed by atoms with Crippen molar-refractivity contribution in [1.29, 1.82) is 0 Å². The average molecular weight is 227 g/mol. The Labute approximate surface area is 101 Å². The SMILES string of the molecule is CC.CC(C)CCCC(=O)N1CCCCC1. The molecule has 1 amide bonds. The summed E-state index contributed by atoms with van der Waals surface area (Å²) in [5, 5.41) is 0. The van der Waals surface area contributed by atoms with Crippen molar-refractivity contribution in [3.63, 3.8) is 0 Å². The van der Waals surface area contributed by atoms with E-state index in [1.807, 2.05) is 18.7 Å². The molecular formula is C14H29NO. The normalized spacial score (nSPS) is 15.7. The monoisotopic (exact) mass is 227 g/mol. The van der Waals surface area contributed by atoms with Gasteiger partial charge in [-0.1, -0.05) is 34.1 Å². The van der Waals surface area contributed by atoms with Crippen LogP contribution in [0.1, 0.15) is 66.2 Å². The molecule has 0 saturated carbocycles. The van der Waals surface area contributed by atoms with Crippen LogP contribution in [-0.2, 0) is 4.79 Å². The summed E-state index contributed by atoms with van der Waals surface area (Å²) in [6.07, 6.45) is 6.71. The number of rotatable bonds is 4. The summed E-state index contributed by atoms with van der Waals surface area (Å²) in [5.41, 5.74) is 0. The van der Waals surface area contributed by atoms with Crippen LogP contribution in [0.25, 0.3) is 0 Å². The number of likely N-dealkylation sites (tertiary alicyclic amines) is 1. The first-order chi connectivity index (χ1) is 7.70. The molecule has 0 unspecified atom stereocenters. The van der Waals surface area contributed by atoms with Crippen LogP contribution < -0.4 is 0 Å². The standard InChI is InChI=1S/C12H23NO.C2H6/c1-11(2)7-6-8-12(14)13-9-4-3-5-10-13;1-2/h11H,3-10H2,1-2H3;1-2H3. The Morgan fingerprint density at radius 1 is 1.12 bits per heavy atom. The quantitative estimate of drug-likeness (QED) is 0.714. The fourth-order valence-corrected chi connectivity index (χ4v) is 1.96. The van der Waals surface area contributed by atoms with E-state index >= 15 is 0 Å². The lowest BCUT2D eigenvalue weighted by Crippen LogP contribution is -2.35. The Morgan fingerprint density at radius 3 is 2.19 bits per heavy atom. The number of carbonyl (C=O) groups is 1. The lowest BCUT2D eigenvalue weighted by Gasteiger charge is -2.26. The maximum Gasteiger partial charge on any atom is 0.222 e. The second-order valence-electron chi connectivity index (χ2n) is 4.73. The molecule has 0 bridgehead atoms. The highest BCUT2D eigenvalue weighted by atomic mass is 16.2. The van der Waals surface area contributed by atoms with Crippen molar-refractivity contribution in [2.45, 2.75) is 66.2 Å². The Bertz CT molecular complexity index is 172. The van der Waals surface area contributed by atoms with Gasteiger partial charge in [-0.05, 0) is 31.6 Å². The number of piperidine rings is 1. The third kappa shape index (κ3) is 6.86. The van der Waals surface area contributed by atoms with E-state index < -0.39 is 0 Å². The summed E-state index contributed by atoms with van der Waals surface area (Å²) in [4.78, 5) is 13.8. The van der Waals surface area contributed by atoms with E-state index in [-0.39, 0.29) is 0 Å². The van der Waals surface area contributed by atoms with Gasteiger partial charge in [0.2, 0.25) is 5.91 Å². The first-order valence-electron chi connectivity index (χ1n) is 6.98. The molecule has 0 aromatic carbocycles. The molecule has 1 aliphatic rings. The average Bonchev–Trinajstić information content (AvgIpc) is 2.32. The summed E-state index contributed by atoms with van der Waals surface area (Å²) in [7, 11) is 0. The molecule has 0 aromatic rings. The number of carbonyl (C=O) groups excluding carboxylic acids is 1. The molecule has 0 radical (unpaired) electrons. The van der Waals surface area contributed by atoms with Crippen molar-refractivity contribution in [3.8, 4) is 0 Å². The molecule has 1 fully saturated rings. The van der Waals surface area contributed by atoms with E-state index in [1.165, 1.54) is 25.7 Å². The van der Waals surface area contributed by atoms with Crippen molar-refractivity contribution in [2.75, 3.05) is 13.1 Å². The molecule has 16 heavy (non-hydrogen) atoms. The lowest BCUT2D eigenvalue weighted by molar-refractivity contribution is -0.132. The molecule has 0 aliphatic carbocycles. The minimum Gasteiger partial charge on any atom is -0.343 e. The van der Waals surface area contributed by atoms with Crippen LogP contribution >= 0.6 is 0 Å². The highest BCUT2D eigenvalue weighted by molar-refractivity contribution is 5.76. The molecule has 0 aromatic heterocycles. The number of nitrogens with zero attached hydrogens (tertiary/aromatic N) is 1. The molecule has 0 atom stereocenters. The topological polar surface area (TPSA) is 20.3 Å². The Morgan fingerprint density at radius 2 is 1.69 bits per heavy atom. The molecule has 1 saturated heterocycles. The fourth-order valence-electron chi connectivity index (χ4n) is 1.96. The zero-order chi connectivity index (χ0) is 12.4. The highest BCUT2D eigenvalue weighted by Crippen LogP contribution is 2.12. The van der Waals surface area contributed by atoms with Crippen molar-refractivity contribution in [3.05, 3.63) is 0 Å². The third-order valence-corrected chi connectivity index (χ3v) is 2.88. The van der Waals surface area contributed by atoms with E-state index in [9.17, 15) is 4.79 Å². The third-order valence-electron chi connectivity index (χ3n) is 2.88. The minimum absolute atomic E-state index is 0.380. The molecular weight excluding hydrogens is 198 g/mol. The number of amides is 1. The Balaban J connectivity index is 0.00000106. The van der Waals surface area contributed by atoms with Gasteiger partial charge in [0.25, 0.3) is 0 Å². The zero-order valence-electron chi connectivity index (χ0n) is 11.6. The van der Waals surface area contributed by atoms with Gasteiger partial charge in [-0.15, -0.1) is 0 Å². The predicted octanol–water partition coefficient (Wildman–Crippen LogP) is 3.85. The maximum absolute atomic E-state index is 11.7. The van der Waals surface area contributed by atoms with Gasteiger partial charge >= 0.3 is 0 Å². The molecule has 0 N–H and O–H groups in total. The van der Waals surface area contributed by atoms with Crippen LogP contribution in [0.4, 0.5) is 0 Å². The van der Waals surface area contributed by atoms with Gasteiger partial charge in [0, 0.05) is 19.5 Å². The molecule has 0 spiro atoms. The molecule has 96 valence electrons. The van der Waals surface area contributed by atoms with Gasteiger partial charge in [-0.25, -0.2) is 0 Å². The highest BCUT2D eigenvalue weighted by Gasteiger charge is 2.15. The van der Waals surface area contributed by atoms with E-state index in [1.54, 1.807) is 0 Å². The van der Waals surface area contributed by atoms with Crippen molar-refractivity contribution >= 4 is 5.91 Å². The van der Waals surface area contributed by atoms with Crippen LogP contribution in [0.2, 0.25) is 0 Å². The number of hydrogen-bond donors (Lipinski definition) is 0. The van der Waals surface area contributed by atoms with Gasteiger partial charge in [-0.2, -0.15) is 0 Å². The smallest absolute Gasteiger partial charge is 0.222 e. The van der Waals surface area contributed by atoms with Crippen LogP contribution in [0.3, 0.4) is 0 Å². The molecule has 1 heterocycles. The van der Waals surface area contributed by atoms with Crippen LogP contribution in [0.15, 0.2) is 0 Å². The molecule has 2 nitrogen and oxygen atoms in total. The summed E-state index contributed by atoms with van der Waals surface area (Å²) < 4.78 is 0. The summed E-state index contributed by atoms with van der Waals surface area (Å²) in [5.74, 6) is 1.11. The minimum atomic E-state index is 0.380. The van der Waals surface area contributed by atoms with E-state index in [4.69, 9.17) is 0 Å². The van der Waals surface area contributed by atoms with E-state index in [2.05, 4.69) is 13.8 Å². The predicted molar refractivity (Wildman–Crippen MR) is 70.5 cm³/mol. The van der Waals surface area contributed by atoms with Gasteiger partial charge in [0.1, 0.15) is 0 Å². The largest absolute Gasteiger partial charge is 0.343 e. The van der Waals surface area contributed by atoms with Crippen molar-refractivity contribution in [2.24, 2.45) is 5.92 Å². The zero-order valence-corrected chi connectivity index (χ0v) is 11.6.